The van der Waals surface area contributed by atoms with Gasteiger partial charge in [0.05, 0.1) is 23.1 Å². The zero-order chi connectivity index (χ0) is 31.1. The maximum absolute atomic E-state index is 15.4. The van der Waals surface area contributed by atoms with E-state index in [1.807, 2.05) is 37.2 Å². The number of imidazole rings is 1. The van der Waals surface area contributed by atoms with Crippen LogP contribution in [-0.2, 0) is 0 Å². The van der Waals surface area contributed by atoms with Crippen molar-refractivity contribution in [3.05, 3.63) is 72.7 Å². The Labute approximate surface area is 257 Å². The van der Waals surface area contributed by atoms with Crippen molar-refractivity contribution in [2.75, 3.05) is 37.8 Å². The van der Waals surface area contributed by atoms with Crippen molar-refractivity contribution >= 4 is 33.3 Å². The molecule has 4 heterocycles. The van der Waals surface area contributed by atoms with Crippen molar-refractivity contribution in [1.82, 2.24) is 35.0 Å². The molecule has 1 atom stereocenters. The fourth-order valence-electron chi connectivity index (χ4n) is 5.66. The first-order valence-corrected chi connectivity index (χ1v) is 14.9. The Balaban J connectivity index is 1.23. The van der Waals surface area contributed by atoms with Crippen LogP contribution in [0.5, 0.6) is 0 Å². The standard InChI is InChI=1S/C33H33F2N9O/c1-44(2)9-8-37-23-11-20(10-22(34)15-23)28-31-27(6-7-38-28)40-32(41-31)30-25-13-19(14-26(35)29(25)42-43-30)21-12-24(17-36-16-21)39-33(45)18-4-3-5-18/h6-7,10-18,33,37,39,45H,3-5,8-9H2,1-2H3,(H,40,41)(H,42,43). The number of aromatic nitrogens is 6. The van der Waals surface area contributed by atoms with E-state index in [1.165, 1.54) is 18.2 Å². The summed E-state index contributed by atoms with van der Waals surface area (Å²) in [6.45, 7) is 1.45. The Morgan fingerprint density at radius 1 is 1.00 bits per heavy atom. The second-order valence-corrected chi connectivity index (χ2v) is 11.8. The van der Waals surface area contributed by atoms with Crippen LogP contribution in [0.15, 0.2) is 61.1 Å². The fraction of sp³-hybridized carbons (Fsp3) is 0.273. The quantitative estimate of drug-likeness (QED) is 0.119. The van der Waals surface area contributed by atoms with Crippen LogP contribution in [0, 0.1) is 17.6 Å². The lowest BCUT2D eigenvalue weighted by molar-refractivity contribution is 0.0851. The van der Waals surface area contributed by atoms with Gasteiger partial charge in [0.25, 0.3) is 0 Å². The van der Waals surface area contributed by atoms with E-state index in [-0.39, 0.29) is 17.3 Å². The van der Waals surface area contributed by atoms with Gasteiger partial charge in [0.15, 0.2) is 5.82 Å². The number of aliphatic hydroxyl groups is 1. The van der Waals surface area contributed by atoms with Gasteiger partial charge in [-0.1, -0.05) is 6.42 Å². The molecule has 1 unspecified atom stereocenters. The molecule has 0 amide bonds. The van der Waals surface area contributed by atoms with Crippen molar-refractivity contribution in [3.63, 3.8) is 0 Å². The predicted octanol–water partition coefficient (Wildman–Crippen LogP) is 6.01. The summed E-state index contributed by atoms with van der Waals surface area (Å²) in [6.07, 6.45) is 7.39. The van der Waals surface area contributed by atoms with E-state index >= 15 is 4.39 Å². The van der Waals surface area contributed by atoms with Crippen molar-refractivity contribution in [2.45, 2.75) is 25.5 Å². The zero-order valence-corrected chi connectivity index (χ0v) is 24.9. The molecule has 1 saturated carbocycles. The molecule has 1 fully saturated rings. The Bertz CT molecular complexity index is 2000. The number of rotatable bonds is 10. The van der Waals surface area contributed by atoms with Crippen molar-refractivity contribution < 1.29 is 13.9 Å². The Morgan fingerprint density at radius 2 is 1.84 bits per heavy atom. The summed E-state index contributed by atoms with van der Waals surface area (Å²) in [5.41, 5.74) is 5.58. The first kappa shape index (κ1) is 28.8. The van der Waals surface area contributed by atoms with Crippen LogP contribution < -0.4 is 10.6 Å². The predicted molar refractivity (Wildman–Crippen MR) is 172 cm³/mol. The number of fused-ring (bicyclic) bond motifs is 2. The lowest BCUT2D eigenvalue weighted by Crippen LogP contribution is -2.33. The minimum absolute atomic E-state index is 0.225. The normalized spacial score (nSPS) is 14.3. The lowest BCUT2D eigenvalue weighted by Gasteiger charge is -2.31. The molecule has 10 nitrogen and oxygen atoms in total. The molecule has 1 aliphatic rings. The SMILES string of the molecule is CN(C)CCNc1cc(F)cc(-c2nccc3[nH]c(-c4n[nH]c5c(F)cc(-c6cncc(NC(O)C7CCC7)c6)cc45)nc23)c1. The number of anilines is 2. The van der Waals surface area contributed by atoms with E-state index < -0.39 is 12.0 Å². The van der Waals surface area contributed by atoms with Crippen molar-refractivity contribution in [2.24, 2.45) is 5.92 Å². The molecule has 0 bridgehead atoms. The third-order valence-corrected chi connectivity index (χ3v) is 8.29. The topological polar surface area (TPSA) is 131 Å². The monoisotopic (exact) mass is 609 g/mol. The molecule has 0 aliphatic heterocycles. The molecule has 230 valence electrons. The van der Waals surface area contributed by atoms with Gasteiger partial charge in [-0.25, -0.2) is 13.8 Å². The Kier molecular flexibility index (Phi) is 7.60. The van der Waals surface area contributed by atoms with Gasteiger partial charge >= 0.3 is 0 Å². The van der Waals surface area contributed by atoms with Gasteiger partial charge < -0.3 is 25.6 Å². The highest BCUT2D eigenvalue weighted by molar-refractivity contribution is 5.98. The summed E-state index contributed by atoms with van der Waals surface area (Å²) < 4.78 is 30.1. The van der Waals surface area contributed by atoms with Gasteiger partial charge in [-0.3, -0.25) is 15.1 Å². The highest BCUT2D eigenvalue weighted by atomic mass is 19.1. The van der Waals surface area contributed by atoms with Crippen LogP contribution in [0.2, 0.25) is 0 Å². The summed E-state index contributed by atoms with van der Waals surface area (Å²) in [6, 6.07) is 11.6. The molecule has 4 aromatic heterocycles. The molecule has 5 N–H and O–H groups in total. The number of nitrogens with one attached hydrogen (secondary N) is 4. The van der Waals surface area contributed by atoms with Gasteiger partial charge in [-0.05, 0) is 75.0 Å². The van der Waals surface area contributed by atoms with Crippen LogP contribution in [0.1, 0.15) is 19.3 Å². The summed E-state index contributed by atoms with van der Waals surface area (Å²) in [5, 5.41) is 24.6. The second kappa shape index (κ2) is 11.9. The van der Waals surface area contributed by atoms with Gasteiger partial charge in [0.1, 0.15) is 34.6 Å². The average molecular weight is 610 g/mol. The van der Waals surface area contributed by atoms with Crippen LogP contribution in [0.4, 0.5) is 20.2 Å². The molecule has 2 aromatic carbocycles. The number of nitrogens with zero attached hydrogens (tertiary/aromatic N) is 5. The Morgan fingerprint density at radius 3 is 2.64 bits per heavy atom. The summed E-state index contributed by atoms with van der Waals surface area (Å²) in [5.74, 6) is -0.216. The largest absolute Gasteiger partial charge is 0.384 e. The van der Waals surface area contributed by atoms with E-state index in [0.29, 0.717) is 68.2 Å². The van der Waals surface area contributed by atoms with E-state index in [2.05, 4.69) is 35.8 Å². The Hall–Kier alpha value is -4.94. The summed E-state index contributed by atoms with van der Waals surface area (Å²) >= 11 is 0. The van der Waals surface area contributed by atoms with Crippen LogP contribution >= 0.6 is 0 Å². The molecular weight excluding hydrogens is 576 g/mol. The van der Waals surface area contributed by atoms with Crippen molar-refractivity contribution in [1.29, 1.82) is 0 Å². The van der Waals surface area contributed by atoms with Crippen LogP contribution in [0.3, 0.4) is 0 Å². The number of pyridine rings is 2. The number of benzene rings is 2. The molecule has 6 aromatic rings. The molecule has 1 aliphatic carbocycles. The van der Waals surface area contributed by atoms with Crippen LogP contribution in [0.25, 0.3) is 55.8 Å². The van der Waals surface area contributed by atoms with Gasteiger partial charge in [0, 0.05) is 53.6 Å². The van der Waals surface area contributed by atoms with Crippen molar-refractivity contribution in [3.8, 4) is 33.9 Å². The molecule has 0 radical (unpaired) electrons. The number of likely N-dealkylation sites (N-methyl/N-ethyl adjacent to an activating group) is 1. The minimum atomic E-state index is -0.652. The highest BCUT2D eigenvalue weighted by Crippen LogP contribution is 2.35. The first-order chi connectivity index (χ1) is 21.8. The van der Waals surface area contributed by atoms with E-state index in [9.17, 15) is 9.50 Å². The lowest BCUT2D eigenvalue weighted by atomic mass is 9.84. The zero-order valence-electron chi connectivity index (χ0n) is 24.9. The minimum Gasteiger partial charge on any atom is -0.384 e. The maximum atomic E-state index is 15.4. The summed E-state index contributed by atoms with van der Waals surface area (Å²) in [7, 11) is 3.96. The van der Waals surface area contributed by atoms with E-state index in [4.69, 9.17) is 4.98 Å². The second-order valence-electron chi connectivity index (χ2n) is 11.8. The molecular formula is C33H33F2N9O. The average Bonchev–Trinajstić information content (AvgIpc) is 3.60. The molecule has 12 heteroatoms. The van der Waals surface area contributed by atoms with Gasteiger partial charge in [0.2, 0.25) is 0 Å². The number of hydrogen-bond donors (Lipinski definition) is 5. The van der Waals surface area contributed by atoms with Crippen LogP contribution in [-0.4, -0.2) is 73.6 Å². The number of hydrogen-bond acceptors (Lipinski definition) is 8. The third-order valence-electron chi connectivity index (χ3n) is 8.29. The molecule has 45 heavy (non-hydrogen) atoms. The molecule has 0 spiro atoms. The smallest absolute Gasteiger partial charge is 0.159 e. The third kappa shape index (κ3) is 5.81. The van der Waals surface area contributed by atoms with Gasteiger partial charge in [-0.2, -0.15) is 5.10 Å². The molecule has 7 rings (SSSR count). The van der Waals surface area contributed by atoms with E-state index in [1.54, 1.807) is 24.7 Å². The fourth-order valence-corrected chi connectivity index (χ4v) is 5.66. The number of aromatic amines is 2. The van der Waals surface area contributed by atoms with E-state index in [0.717, 1.165) is 25.8 Å². The highest BCUT2D eigenvalue weighted by Gasteiger charge is 2.25. The number of halogens is 2. The van der Waals surface area contributed by atoms with Gasteiger partial charge in [-0.15, -0.1) is 0 Å². The number of aliphatic hydroxyl groups excluding tert-OH is 1. The number of H-pyrrole nitrogens is 2. The first-order valence-electron chi connectivity index (χ1n) is 14.9. The molecule has 0 saturated heterocycles. The summed E-state index contributed by atoms with van der Waals surface area (Å²) in [4.78, 5) is 19.0. The maximum Gasteiger partial charge on any atom is 0.159 e.